The van der Waals surface area contributed by atoms with Crippen LogP contribution in [0.15, 0.2) is 30.5 Å². The van der Waals surface area contributed by atoms with Gasteiger partial charge in [-0.25, -0.2) is 17.6 Å². The Morgan fingerprint density at radius 1 is 1.23 bits per heavy atom. The van der Waals surface area contributed by atoms with Gasteiger partial charge < -0.3 is 10.2 Å². The van der Waals surface area contributed by atoms with E-state index in [9.17, 15) is 17.6 Å². The summed E-state index contributed by atoms with van der Waals surface area (Å²) < 4.78 is 37.5. The van der Waals surface area contributed by atoms with E-state index in [-0.39, 0.29) is 24.9 Å². The molecule has 2 amide bonds. The zero-order valence-corrected chi connectivity index (χ0v) is 13.0. The summed E-state index contributed by atoms with van der Waals surface area (Å²) in [4.78, 5) is 13.5. The van der Waals surface area contributed by atoms with Crippen molar-refractivity contribution in [3.8, 4) is 0 Å². The van der Waals surface area contributed by atoms with E-state index < -0.39 is 10.0 Å². The zero-order chi connectivity index (χ0) is 16.2. The molecule has 120 valence electrons. The fourth-order valence-corrected chi connectivity index (χ4v) is 2.95. The van der Waals surface area contributed by atoms with Crippen LogP contribution in [0.1, 0.15) is 5.56 Å². The number of carbonyl (C=O) groups is 1. The molecule has 1 N–H and O–H groups in total. The Labute approximate surface area is 129 Å². The number of hydrogen-bond donors (Lipinski definition) is 1. The molecule has 2 rings (SSSR count). The number of piperazine rings is 1. The van der Waals surface area contributed by atoms with Gasteiger partial charge in [-0.1, -0.05) is 18.2 Å². The summed E-state index contributed by atoms with van der Waals surface area (Å²) in [6, 6.07) is 5.90. The van der Waals surface area contributed by atoms with Crippen LogP contribution in [0, 0.1) is 5.82 Å². The summed E-state index contributed by atoms with van der Waals surface area (Å²) in [6.07, 6.45) is 4.00. The molecule has 1 heterocycles. The first-order chi connectivity index (χ1) is 10.4. The monoisotopic (exact) mass is 327 g/mol. The van der Waals surface area contributed by atoms with Gasteiger partial charge in [0.05, 0.1) is 6.26 Å². The van der Waals surface area contributed by atoms with Crippen molar-refractivity contribution < 1.29 is 17.6 Å². The van der Waals surface area contributed by atoms with Crippen molar-refractivity contribution >= 4 is 22.1 Å². The van der Waals surface area contributed by atoms with Crippen molar-refractivity contribution in [2.45, 2.75) is 0 Å². The lowest BCUT2D eigenvalue weighted by molar-refractivity contribution is 0.176. The average molecular weight is 327 g/mol. The lowest BCUT2D eigenvalue weighted by atomic mass is 10.2. The number of sulfonamides is 1. The largest absolute Gasteiger partial charge is 0.322 e. The molecule has 1 fully saturated rings. The predicted molar refractivity (Wildman–Crippen MR) is 82.0 cm³/mol. The molecular formula is C14H18FN3O3S. The van der Waals surface area contributed by atoms with E-state index in [1.54, 1.807) is 18.2 Å². The highest BCUT2D eigenvalue weighted by molar-refractivity contribution is 7.88. The Bertz CT molecular complexity index is 668. The molecule has 0 saturated carbocycles. The van der Waals surface area contributed by atoms with Crippen molar-refractivity contribution in [3.63, 3.8) is 0 Å². The molecule has 6 nitrogen and oxygen atoms in total. The number of nitrogens with zero attached hydrogens (tertiary/aromatic N) is 2. The van der Waals surface area contributed by atoms with Crippen LogP contribution in [0.25, 0.3) is 6.08 Å². The minimum atomic E-state index is -3.21. The van der Waals surface area contributed by atoms with Crippen molar-refractivity contribution in [2.75, 3.05) is 32.4 Å². The lowest BCUT2D eigenvalue weighted by Gasteiger charge is -2.32. The van der Waals surface area contributed by atoms with Crippen LogP contribution in [0.2, 0.25) is 0 Å². The van der Waals surface area contributed by atoms with E-state index in [0.29, 0.717) is 18.7 Å². The van der Waals surface area contributed by atoms with E-state index in [1.807, 2.05) is 0 Å². The third-order valence-electron chi connectivity index (χ3n) is 3.37. The Morgan fingerprint density at radius 2 is 1.86 bits per heavy atom. The summed E-state index contributed by atoms with van der Waals surface area (Å²) in [6.45, 7) is 1.21. The zero-order valence-electron chi connectivity index (χ0n) is 12.2. The smallest absolute Gasteiger partial charge is 0.321 e. The van der Waals surface area contributed by atoms with Crippen molar-refractivity contribution in [2.24, 2.45) is 0 Å². The van der Waals surface area contributed by atoms with E-state index in [1.165, 1.54) is 27.5 Å². The highest BCUT2D eigenvalue weighted by atomic mass is 32.2. The number of hydrogen-bond acceptors (Lipinski definition) is 3. The third-order valence-corrected chi connectivity index (χ3v) is 4.67. The predicted octanol–water partition coefficient (Wildman–Crippen LogP) is 1.08. The summed E-state index contributed by atoms with van der Waals surface area (Å²) >= 11 is 0. The van der Waals surface area contributed by atoms with Crippen LogP contribution < -0.4 is 5.32 Å². The van der Waals surface area contributed by atoms with Gasteiger partial charge in [0.15, 0.2) is 0 Å². The van der Waals surface area contributed by atoms with Crippen LogP contribution in [-0.2, 0) is 10.0 Å². The van der Waals surface area contributed by atoms with Gasteiger partial charge in [0, 0.05) is 37.9 Å². The van der Waals surface area contributed by atoms with E-state index >= 15 is 0 Å². The molecule has 0 aromatic heterocycles. The maximum Gasteiger partial charge on any atom is 0.321 e. The Hall–Kier alpha value is -1.93. The SMILES string of the molecule is CS(=O)(=O)N1CCN(C(=O)N/C=C/c2ccccc2F)CC1. The molecule has 1 aliphatic heterocycles. The lowest BCUT2D eigenvalue weighted by Crippen LogP contribution is -2.52. The molecule has 0 bridgehead atoms. The van der Waals surface area contributed by atoms with Crippen LogP contribution in [-0.4, -0.2) is 56.1 Å². The minimum absolute atomic E-state index is 0.281. The number of halogens is 1. The summed E-state index contributed by atoms with van der Waals surface area (Å²) in [5.74, 6) is -0.366. The maximum absolute atomic E-state index is 13.4. The standard InChI is InChI=1S/C14H18FN3O3S/c1-22(20,21)18-10-8-17(9-11-18)14(19)16-7-6-12-4-2-3-5-13(12)15/h2-7H,8-11H2,1H3,(H,16,19)/b7-6+. The average Bonchev–Trinajstić information content (AvgIpc) is 2.48. The van der Waals surface area contributed by atoms with Crippen molar-refractivity contribution in [1.29, 1.82) is 0 Å². The quantitative estimate of drug-likeness (QED) is 0.903. The van der Waals surface area contributed by atoms with E-state index in [0.717, 1.165) is 6.26 Å². The highest BCUT2D eigenvalue weighted by Gasteiger charge is 2.25. The van der Waals surface area contributed by atoms with Gasteiger partial charge >= 0.3 is 6.03 Å². The first kappa shape index (κ1) is 16.4. The topological polar surface area (TPSA) is 69.7 Å². The Kier molecular flexibility index (Phi) is 5.15. The van der Waals surface area contributed by atoms with Gasteiger partial charge in [0.1, 0.15) is 5.82 Å². The van der Waals surface area contributed by atoms with Gasteiger partial charge in [-0.3, -0.25) is 0 Å². The highest BCUT2D eigenvalue weighted by Crippen LogP contribution is 2.08. The van der Waals surface area contributed by atoms with Crippen molar-refractivity contribution in [1.82, 2.24) is 14.5 Å². The molecule has 1 saturated heterocycles. The number of urea groups is 1. The second kappa shape index (κ2) is 6.89. The van der Waals surface area contributed by atoms with Crippen LogP contribution in [0.5, 0.6) is 0 Å². The molecule has 0 radical (unpaired) electrons. The molecule has 1 aromatic rings. The van der Waals surface area contributed by atoms with Crippen LogP contribution in [0.3, 0.4) is 0 Å². The van der Waals surface area contributed by atoms with Crippen LogP contribution >= 0.6 is 0 Å². The molecule has 0 atom stereocenters. The molecular weight excluding hydrogens is 309 g/mol. The van der Waals surface area contributed by atoms with E-state index in [2.05, 4.69) is 5.32 Å². The number of carbonyl (C=O) groups excluding carboxylic acids is 1. The minimum Gasteiger partial charge on any atom is -0.322 e. The van der Waals surface area contributed by atoms with Crippen LogP contribution in [0.4, 0.5) is 9.18 Å². The molecule has 1 aromatic carbocycles. The Morgan fingerprint density at radius 3 is 2.45 bits per heavy atom. The summed E-state index contributed by atoms with van der Waals surface area (Å²) in [5, 5.41) is 2.55. The maximum atomic E-state index is 13.4. The second-order valence-corrected chi connectivity index (χ2v) is 6.94. The molecule has 22 heavy (non-hydrogen) atoms. The number of rotatable bonds is 3. The Balaban J connectivity index is 1.85. The van der Waals surface area contributed by atoms with Gasteiger partial charge in [0.25, 0.3) is 0 Å². The number of amides is 2. The first-order valence-electron chi connectivity index (χ1n) is 6.79. The molecule has 0 aliphatic carbocycles. The van der Waals surface area contributed by atoms with Gasteiger partial charge in [-0.2, -0.15) is 4.31 Å². The van der Waals surface area contributed by atoms with Crippen molar-refractivity contribution in [3.05, 3.63) is 41.8 Å². The fourth-order valence-electron chi connectivity index (χ4n) is 2.13. The molecule has 0 spiro atoms. The second-order valence-electron chi connectivity index (χ2n) is 4.95. The molecule has 0 unspecified atom stereocenters. The third kappa shape index (κ3) is 4.28. The number of nitrogens with one attached hydrogen (secondary N) is 1. The normalized spacial score (nSPS) is 16.9. The fraction of sp³-hybridized carbons (Fsp3) is 0.357. The summed E-state index contributed by atoms with van der Waals surface area (Å²) in [7, 11) is -3.21. The number of benzene rings is 1. The summed E-state index contributed by atoms with van der Waals surface area (Å²) in [5.41, 5.74) is 0.379. The first-order valence-corrected chi connectivity index (χ1v) is 8.64. The molecule has 8 heteroatoms. The van der Waals surface area contributed by atoms with Gasteiger partial charge in [-0.15, -0.1) is 0 Å². The van der Waals surface area contributed by atoms with Gasteiger partial charge in [0.2, 0.25) is 10.0 Å². The molecule has 1 aliphatic rings. The van der Waals surface area contributed by atoms with E-state index in [4.69, 9.17) is 0 Å². The van der Waals surface area contributed by atoms with Gasteiger partial charge in [-0.05, 0) is 12.1 Å².